The zero-order chi connectivity index (χ0) is 13.5. The van der Waals surface area contributed by atoms with Crippen LogP contribution in [0, 0.1) is 0 Å². The van der Waals surface area contributed by atoms with Crippen molar-refractivity contribution in [1.82, 2.24) is 4.57 Å². The van der Waals surface area contributed by atoms with Gasteiger partial charge in [0.2, 0.25) is 0 Å². The van der Waals surface area contributed by atoms with E-state index in [1.807, 2.05) is 30.3 Å². The number of benzene rings is 1. The van der Waals surface area contributed by atoms with Crippen LogP contribution in [0.4, 0.5) is 5.69 Å². The van der Waals surface area contributed by atoms with Gasteiger partial charge < -0.3 is 15.0 Å². The van der Waals surface area contributed by atoms with Gasteiger partial charge in [-0.3, -0.25) is 4.79 Å². The van der Waals surface area contributed by atoms with E-state index in [0.717, 1.165) is 12.0 Å². The molecule has 2 aromatic rings. The maximum atomic E-state index is 11.5. The largest absolute Gasteiger partial charge is 0.398 e. The highest BCUT2D eigenvalue weighted by molar-refractivity contribution is 5.33. The van der Waals surface area contributed by atoms with Gasteiger partial charge >= 0.3 is 0 Å². The second-order valence-corrected chi connectivity index (χ2v) is 4.39. The third-order valence-electron chi connectivity index (χ3n) is 2.81. The standard InChI is InChI=1S/C15H18N2O2/c16-14-7-8-15(18)17(11-14)9-4-10-19-12-13-5-2-1-3-6-13/h1-3,5-8,11H,4,9-10,12,16H2. The molecule has 4 heteroatoms. The maximum absolute atomic E-state index is 11.5. The predicted molar refractivity (Wildman–Crippen MR) is 75.8 cm³/mol. The van der Waals surface area contributed by atoms with Gasteiger partial charge in [-0.2, -0.15) is 0 Å². The molecule has 0 aliphatic heterocycles. The summed E-state index contributed by atoms with van der Waals surface area (Å²) in [7, 11) is 0. The van der Waals surface area contributed by atoms with Crippen molar-refractivity contribution >= 4 is 5.69 Å². The Morgan fingerprint density at radius 1 is 1.11 bits per heavy atom. The molecule has 4 nitrogen and oxygen atoms in total. The molecule has 0 spiro atoms. The fraction of sp³-hybridized carbons (Fsp3) is 0.267. The molecule has 0 amide bonds. The van der Waals surface area contributed by atoms with Gasteiger partial charge in [0.1, 0.15) is 0 Å². The molecule has 0 unspecified atom stereocenters. The third kappa shape index (κ3) is 4.26. The minimum absolute atomic E-state index is 0.0303. The minimum atomic E-state index is -0.0303. The van der Waals surface area contributed by atoms with Gasteiger partial charge in [0, 0.05) is 31.1 Å². The number of nitrogens with zero attached hydrogens (tertiary/aromatic N) is 1. The normalized spacial score (nSPS) is 10.5. The predicted octanol–water partition coefficient (Wildman–Crippen LogP) is 2.04. The summed E-state index contributed by atoms with van der Waals surface area (Å²) >= 11 is 0. The van der Waals surface area contributed by atoms with Gasteiger partial charge in [-0.1, -0.05) is 30.3 Å². The highest BCUT2D eigenvalue weighted by Crippen LogP contribution is 2.01. The Morgan fingerprint density at radius 3 is 2.68 bits per heavy atom. The molecule has 0 fully saturated rings. The molecule has 2 rings (SSSR count). The number of rotatable bonds is 6. The van der Waals surface area contributed by atoms with E-state index < -0.39 is 0 Å². The van der Waals surface area contributed by atoms with Crippen molar-refractivity contribution in [3.63, 3.8) is 0 Å². The number of ether oxygens (including phenoxy) is 1. The molecule has 0 bridgehead atoms. The first-order valence-electron chi connectivity index (χ1n) is 6.33. The molecule has 0 saturated heterocycles. The third-order valence-corrected chi connectivity index (χ3v) is 2.81. The van der Waals surface area contributed by atoms with Crippen LogP contribution < -0.4 is 11.3 Å². The zero-order valence-electron chi connectivity index (χ0n) is 10.8. The second kappa shape index (κ2) is 6.75. The number of anilines is 1. The lowest BCUT2D eigenvalue weighted by atomic mass is 10.2. The molecule has 1 heterocycles. The van der Waals surface area contributed by atoms with Crippen LogP contribution in [-0.2, 0) is 17.9 Å². The summed E-state index contributed by atoms with van der Waals surface area (Å²) in [5.74, 6) is 0. The van der Waals surface area contributed by atoms with E-state index in [0.29, 0.717) is 25.4 Å². The number of hydrogen-bond acceptors (Lipinski definition) is 3. The van der Waals surface area contributed by atoms with Crippen LogP contribution in [-0.4, -0.2) is 11.2 Å². The number of pyridine rings is 1. The average Bonchev–Trinajstić information content (AvgIpc) is 2.43. The number of nitrogen functional groups attached to an aromatic ring is 1. The first-order valence-corrected chi connectivity index (χ1v) is 6.33. The topological polar surface area (TPSA) is 57.2 Å². The average molecular weight is 258 g/mol. The van der Waals surface area contributed by atoms with E-state index in [9.17, 15) is 4.79 Å². The smallest absolute Gasteiger partial charge is 0.250 e. The van der Waals surface area contributed by atoms with Crippen molar-refractivity contribution in [3.8, 4) is 0 Å². The fourth-order valence-electron chi connectivity index (χ4n) is 1.83. The summed E-state index contributed by atoms with van der Waals surface area (Å²) in [6.07, 6.45) is 2.45. The Morgan fingerprint density at radius 2 is 1.89 bits per heavy atom. The lowest BCUT2D eigenvalue weighted by Crippen LogP contribution is -2.19. The van der Waals surface area contributed by atoms with Gasteiger partial charge in [-0.15, -0.1) is 0 Å². The first kappa shape index (κ1) is 13.4. The van der Waals surface area contributed by atoms with Gasteiger partial charge in [-0.05, 0) is 18.1 Å². The van der Waals surface area contributed by atoms with E-state index in [4.69, 9.17) is 10.5 Å². The van der Waals surface area contributed by atoms with Gasteiger partial charge in [0.25, 0.3) is 5.56 Å². The van der Waals surface area contributed by atoms with Crippen molar-refractivity contribution in [3.05, 3.63) is 64.6 Å². The monoisotopic (exact) mass is 258 g/mol. The number of aryl methyl sites for hydroxylation is 1. The van der Waals surface area contributed by atoms with E-state index in [1.54, 1.807) is 16.8 Å². The van der Waals surface area contributed by atoms with Gasteiger partial charge in [0.15, 0.2) is 0 Å². The molecule has 19 heavy (non-hydrogen) atoms. The van der Waals surface area contributed by atoms with E-state index in [-0.39, 0.29) is 5.56 Å². The van der Waals surface area contributed by atoms with Gasteiger partial charge in [-0.25, -0.2) is 0 Å². The van der Waals surface area contributed by atoms with Gasteiger partial charge in [0.05, 0.1) is 6.61 Å². The molecule has 2 N–H and O–H groups in total. The maximum Gasteiger partial charge on any atom is 0.250 e. The van der Waals surface area contributed by atoms with Crippen molar-refractivity contribution in [1.29, 1.82) is 0 Å². The van der Waals surface area contributed by atoms with Crippen LogP contribution in [0.5, 0.6) is 0 Å². The summed E-state index contributed by atoms with van der Waals surface area (Å²) in [5.41, 5.74) is 7.37. The van der Waals surface area contributed by atoms with Crippen molar-refractivity contribution in [2.24, 2.45) is 0 Å². The molecule has 1 aromatic carbocycles. The Hall–Kier alpha value is -2.07. The zero-order valence-corrected chi connectivity index (χ0v) is 10.8. The summed E-state index contributed by atoms with van der Waals surface area (Å²) in [6.45, 7) is 1.85. The molecule has 0 radical (unpaired) electrons. The summed E-state index contributed by atoms with van der Waals surface area (Å²) in [5, 5.41) is 0. The molecule has 1 aromatic heterocycles. The summed E-state index contributed by atoms with van der Waals surface area (Å²) < 4.78 is 7.18. The molecular formula is C15H18N2O2. The van der Waals surface area contributed by atoms with E-state index in [1.165, 1.54) is 6.07 Å². The van der Waals surface area contributed by atoms with Crippen molar-refractivity contribution < 1.29 is 4.74 Å². The number of aromatic nitrogens is 1. The minimum Gasteiger partial charge on any atom is -0.398 e. The molecular weight excluding hydrogens is 240 g/mol. The highest BCUT2D eigenvalue weighted by Gasteiger charge is 1.97. The molecule has 0 aliphatic rings. The van der Waals surface area contributed by atoms with Crippen LogP contribution in [0.2, 0.25) is 0 Å². The Balaban J connectivity index is 1.72. The Kier molecular flexibility index (Phi) is 4.75. The summed E-state index contributed by atoms with van der Waals surface area (Å²) in [4.78, 5) is 11.5. The molecule has 0 saturated carbocycles. The Bertz CT molecular complexity index is 564. The SMILES string of the molecule is Nc1ccc(=O)n(CCCOCc2ccccc2)c1. The molecule has 100 valence electrons. The summed E-state index contributed by atoms with van der Waals surface area (Å²) in [6, 6.07) is 13.1. The fourth-order valence-corrected chi connectivity index (χ4v) is 1.83. The quantitative estimate of drug-likeness (QED) is 0.807. The van der Waals surface area contributed by atoms with Crippen LogP contribution >= 0.6 is 0 Å². The van der Waals surface area contributed by atoms with Crippen molar-refractivity contribution in [2.75, 3.05) is 12.3 Å². The molecule has 0 atom stereocenters. The number of hydrogen-bond donors (Lipinski definition) is 1. The highest BCUT2D eigenvalue weighted by atomic mass is 16.5. The van der Waals surface area contributed by atoms with Crippen LogP contribution in [0.3, 0.4) is 0 Å². The van der Waals surface area contributed by atoms with E-state index >= 15 is 0 Å². The van der Waals surface area contributed by atoms with Crippen LogP contribution in [0.25, 0.3) is 0 Å². The van der Waals surface area contributed by atoms with Crippen LogP contribution in [0.1, 0.15) is 12.0 Å². The lowest BCUT2D eigenvalue weighted by Gasteiger charge is -2.07. The number of nitrogens with two attached hydrogens (primary N) is 1. The van der Waals surface area contributed by atoms with E-state index in [2.05, 4.69) is 0 Å². The molecule has 0 aliphatic carbocycles. The second-order valence-electron chi connectivity index (χ2n) is 4.39. The van der Waals surface area contributed by atoms with Crippen molar-refractivity contribution in [2.45, 2.75) is 19.6 Å². The first-order chi connectivity index (χ1) is 9.25. The lowest BCUT2D eigenvalue weighted by molar-refractivity contribution is 0.115. The Labute approximate surface area is 112 Å². The van der Waals surface area contributed by atoms with Crippen LogP contribution in [0.15, 0.2) is 53.5 Å².